The third kappa shape index (κ3) is 3.19. The molecule has 0 aliphatic heterocycles. The molecule has 2 aromatic rings. The highest BCUT2D eigenvalue weighted by molar-refractivity contribution is 9.09. The van der Waals surface area contributed by atoms with Crippen LogP contribution in [-0.4, -0.2) is 0 Å². The molecule has 0 bridgehead atoms. The predicted molar refractivity (Wildman–Crippen MR) is 77.7 cm³/mol. The SMILES string of the molecule is Cc1ccc(CC(Br)c2ccccc2)cc1C. The summed E-state index contributed by atoms with van der Waals surface area (Å²) in [5.74, 6) is 0. The van der Waals surface area contributed by atoms with Crippen molar-refractivity contribution in [1.29, 1.82) is 0 Å². The van der Waals surface area contributed by atoms with Crippen LogP contribution >= 0.6 is 15.9 Å². The number of hydrogen-bond donors (Lipinski definition) is 0. The zero-order valence-electron chi connectivity index (χ0n) is 10.3. The third-order valence-corrected chi connectivity index (χ3v) is 4.00. The largest absolute Gasteiger partial charge is 0.0835 e. The molecular formula is C16H17Br. The molecule has 0 nitrogen and oxygen atoms in total. The van der Waals surface area contributed by atoms with Crippen LogP contribution in [0.1, 0.15) is 27.1 Å². The van der Waals surface area contributed by atoms with Gasteiger partial charge in [0, 0.05) is 4.83 Å². The second-order valence-electron chi connectivity index (χ2n) is 4.50. The molecule has 88 valence electrons. The van der Waals surface area contributed by atoms with E-state index in [-0.39, 0.29) is 0 Å². The van der Waals surface area contributed by atoms with Crippen LogP contribution in [0.4, 0.5) is 0 Å². The first-order valence-electron chi connectivity index (χ1n) is 5.92. The van der Waals surface area contributed by atoms with E-state index in [0.717, 1.165) is 6.42 Å². The minimum Gasteiger partial charge on any atom is -0.0835 e. The second-order valence-corrected chi connectivity index (χ2v) is 5.61. The highest BCUT2D eigenvalue weighted by Crippen LogP contribution is 2.27. The normalized spacial score (nSPS) is 12.4. The molecule has 0 amide bonds. The zero-order valence-corrected chi connectivity index (χ0v) is 11.9. The lowest BCUT2D eigenvalue weighted by Crippen LogP contribution is -1.96. The average molecular weight is 289 g/mol. The molecule has 0 saturated carbocycles. The second kappa shape index (κ2) is 5.50. The summed E-state index contributed by atoms with van der Waals surface area (Å²) in [6, 6.07) is 17.3. The number of aryl methyl sites for hydroxylation is 2. The fourth-order valence-electron chi connectivity index (χ4n) is 1.92. The molecule has 2 aromatic carbocycles. The van der Waals surface area contributed by atoms with Gasteiger partial charge in [0.2, 0.25) is 0 Å². The highest BCUT2D eigenvalue weighted by Gasteiger charge is 2.08. The first-order valence-corrected chi connectivity index (χ1v) is 6.83. The Bertz CT molecular complexity index is 488. The lowest BCUT2D eigenvalue weighted by molar-refractivity contribution is 0.945. The van der Waals surface area contributed by atoms with Gasteiger partial charge in [0.25, 0.3) is 0 Å². The molecule has 0 heterocycles. The van der Waals surface area contributed by atoms with Gasteiger partial charge in [-0.2, -0.15) is 0 Å². The maximum absolute atomic E-state index is 3.77. The monoisotopic (exact) mass is 288 g/mol. The van der Waals surface area contributed by atoms with Crippen LogP contribution in [0.5, 0.6) is 0 Å². The molecule has 2 rings (SSSR count). The summed E-state index contributed by atoms with van der Waals surface area (Å²) in [6.45, 7) is 4.33. The quantitative estimate of drug-likeness (QED) is 0.699. The predicted octanol–water partition coefficient (Wildman–Crippen LogP) is 4.98. The minimum atomic E-state index is 0.394. The van der Waals surface area contributed by atoms with Crippen molar-refractivity contribution < 1.29 is 0 Å². The molecule has 0 saturated heterocycles. The van der Waals surface area contributed by atoms with Crippen LogP contribution in [0.25, 0.3) is 0 Å². The van der Waals surface area contributed by atoms with Gasteiger partial charge in [-0.25, -0.2) is 0 Å². The maximum Gasteiger partial charge on any atom is 0.0435 e. The minimum absolute atomic E-state index is 0.394. The van der Waals surface area contributed by atoms with Gasteiger partial charge in [-0.15, -0.1) is 0 Å². The van der Waals surface area contributed by atoms with Gasteiger partial charge in [0.05, 0.1) is 0 Å². The van der Waals surface area contributed by atoms with Crippen molar-refractivity contribution in [3.05, 3.63) is 70.8 Å². The molecule has 0 aromatic heterocycles. The van der Waals surface area contributed by atoms with Crippen LogP contribution in [0.2, 0.25) is 0 Å². The van der Waals surface area contributed by atoms with Gasteiger partial charge in [-0.1, -0.05) is 64.5 Å². The Hall–Kier alpha value is -1.08. The van der Waals surface area contributed by atoms with Gasteiger partial charge < -0.3 is 0 Å². The smallest absolute Gasteiger partial charge is 0.0435 e. The molecule has 1 heteroatoms. The molecule has 0 fully saturated rings. The van der Waals surface area contributed by atoms with Crippen LogP contribution in [-0.2, 0) is 6.42 Å². The van der Waals surface area contributed by atoms with E-state index >= 15 is 0 Å². The van der Waals surface area contributed by atoms with Crippen LogP contribution in [0.15, 0.2) is 48.5 Å². The van der Waals surface area contributed by atoms with Gasteiger partial charge >= 0.3 is 0 Å². The Labute approximate surface area is 112 Å². The fourth-order valence-corrected chi connectivity index (χ4v) is 2.60. The van der Waals surface area contributed by atoms with Gasteiger partial charge in [-0.3, -0.25) is 0 Å². The van der Waals surface area contributed by atoms with E-state index in [1.54, 1.807) is 0 Å². The molecular weight excluding hydrogens is 272 g/mol. The van der Waals surface area contributed by atoms with E-state index in [9.17, 15) is 0 Å². The van der Waals surface area contributed by atoms with E-state index < -0.39 is 0 Å². The molecule has 17 heavy (non-hydrogen) atoms. The van der Waals surface area contributed by atoms with Crippen molar-refractivity contribution in [3.63, 3.8) is 0 Å². The number of benzene rings is 2. The number of hydrogen-bond acceptors (Lipinski definition) is 0. The average Bonchev–Trinajstić information content (AvgIpc) is 2.35. The third-order valence-electron chi connectivity index (χ3n) is 3.15. The number of alkyl halides is 1. The van der Waals surface area contributed by atoms with Crippen LogP contribution < -0.4 is 0 Å². The first-order chi connectivity index (χ1) is 8.16. The summed E-state index contributed by atoms with van der Waals surface area (Å²) in [7, 11) is 0. The molecule has 0 spiro atoms. The van der Waals surface area contributed by atoms with Crippen LogP contribution in [0.3, 0.4) is 0 Å². The topological polar surface area (TPSA) is 0 Å². The Balaban J connectivity index is 2.13. The molecule has 0 aliphatic carbocycles. The summed E-state index contributed by atoms with van der Waals surface area (Å²) in [4.78, 5) is 0.394. The number of rotatable bonds is 3. The summed E-state index contributed by atoms with van der Waals surface area (Å²) in [6.07, 6.45) is 1.03. The molecule has 0 radical (unpaired) electrons. The summed E-state index contributed by atoms with van der Waals surface area (Å²) in [5.41, 5.74) is 5.46. The molecule has 1 atom stereocenters. The number of halogens is 1. The van der Waals surface area contributed by atoms with Crippen molar-refractivity contribution in [1.82, 2.24) is 0 Å². The molecule has 1 unspecified atom stereocenters. The molecule has 0 aliphatic rings. The lowest BCUT2D eigenvalue weighted by Gasteiger charge is -2.11. The van der Waals surface area contributed by atoms with E-state index in [4.69, 9.17) is 0 Å². The van der Waals surface area contributed by atoms with E-state index in [1.165, 1.54) is 22.3 Å². The Kier molecular flexibility index (Phi) is 4.01. The summed E-state index contributed by atoms with van der Waals surface area (Å²) in [5, 5.41) is 0. The Morgan fingerprint density at radius 3 is 2.29 bits per heavy atom. The first kappa shape index (κ1) is 12.4. The Morgan fingerprint density at radius 1 is 0.941 bits per heavy atom. The maximum atomic E-state index is 3.77. The fraction of sp³-hybridized carbons (Fsp3) is 0.250. The van der Waals surface area contributed by atoms with Crippen molar-refractivity contribution in [2.75, 3.05) is 0 Å². The van der Waals surface area contributed by atoms with Crippen molar-refractivity contribution >= 4 is 15.9 Å². The Morgan fingerprint density at radius 2 is 1.65 bits per heavy atom. The zero-order chi connectivity index (χ0) is 12.3. The lowest BCUT2D eigenvalue weighted by atomic mass is 10.0. The van der Waals surface area contributed by atoms with E-state index in [2.05, 4.69) is 78.3 Å². The van der Waals surface area contributed by atoms with Gasteiger partial charge in [0.15, 0.2) is 0 Å². The van der Waals surface area contributed by atoms with Crippen molar-refractivity contribution in [3.8, 4) is 0 Å². The summed E-state index contributed by atoms with van der Waals surface area (Å²) >= 11 is 3.77. The van der Waals surface area contributed by atoms with Gasteiger partial charge in [0.1, 0.15) is 0 Å². The van der Waals surface area contributed by atoms with E-state index in [1.807, 2.05) is 0 Å². The molecule has 0 N–H and O–H groups in total. The summed E-state index contributed by atoms with van der Waals surface area (Å²) < 4.78 is 0. The standard InChI is InChI=1S/C16H17Br/c1-12-8-9-14(10-13(12)2)11-16(17)15-6-4-3-5-7-15/h3-10,16H,11H2,1-2H3. The highest BCUT2D eigenvalue weighted by atomic mass is 79.9. The van der Waals surface area contributed by atoms with Gasteiger partial charge in [-0.05, 0) is 42.5 Å². The van der Waals surface area contributed by atoms with Crippen molar-refractivity contribution in [2.45, 2.75) is 25.1 Å². The van der Waals surface area contributed by atoms with Crippen molar-refractivity contribution in [2.24, 2.45) is 0 Å². The van der Waals surface area contributed by atoms with E-state index in [0.29, 0.717) is 4.83 Å². The van der Waals surface area contributed by atoms with Crippen LogP contribution in [0, 0.1) is 13.8 Å².